The monoisotopic (exact) mass is 202 g/mol. The Morgan fingerprint density at radius 1 is 1.33 bits per heavy atom. The highest BCUT2D eigenvalue weighted by Gasteiger charge is 2.40. The zero-order chi connectivity index (χ0) is 10.6. The lowest BCUT2D eigenvalue weighted by Gasteiger charge is -2.38. The van der Waals surface area contributed by atoms with Gasteiger partial charge >= 0.3 is 0 Å². The first kappa shape index (κ1) is 9.22. The number of anilines is 1. The molecule has 0 saturated carbocycles. The number of nitrogens with zero attached hydrogens (tertiary/aromatic N) is 1. The SMILES string of the molecule is CN1Cc2cc(N)cc3c2C(C)(CC3)C1. The number of benzene rings is 1. The maximum atomic E-state index is 5.95. The molecule has 2 heteroatoms. The van der Waals surface area contributed by atoms with E-state index in [2.05, 4.69) is 31.0 Å². The summed E-state index contributed by atoms with van der Waals surface area (Å²) in [5, 5.41) is 0. The van der Waals surface area contributed by atoms with Gasteiger partial charge in [0.1, 0.15) is 0 Å². The molecule has 15 heavy (non-hydrogen) atoms. The molecule has 2 N–H and O–H groups in total. The van der Waals surface area contributed by atoms with Crippen LogP contribution in [0, 0.1) is 0 Å². The van der Waals surface area contributed by atoms with Crippen LogP contribution < -0.4 is 5.73 Å². The summed E-state index contributed by atoms with van der Waals surface area (Å²) in [7, 11) is 2.20. The fourth-order valence-electron chi connectivity index (χ4n) is 3.53. The Kier molecular flexibility index (Phi) is 1.70. The highest BCUT2D eigenvalue weighted by molar-refractivity contribution is 5.55. The molecule has 80 valence electrons. The van der Waals surface area contributed by atoms with E-state index >= 15 is 0 Å². The molecule has 1 heterocycles. The molecule has 1 aliphatic carbocycles. The van der Waals surface area contributed by atoms with Crippen LogP contribution in [0.15, 0.2) is 12.1 Å². The van der Waals surface area contributed by atoms with Gasteiger partial charge in [0.05, 0.1) is 0 Å². The summed E-state index contributed by atoms with van der Waals surface area (Å²) in [5.74, 6) is 0. The minimum Gasteiger partial charge on any atom is -0.399 e. The summed E-state index contributed by atoms with van der Waals surface area (Å²) < 4.78 is 0. The summed E-state index contributed by atoms with van der Waals surface area (Å²) in [6.07, 6.45) is 2.49. The number of hydrogen-bond donors (Lipinski definition) is 1. The van der Waals surface area contributed by atoms with E-state index in [-0.39, 0.29) is 0 Å². The minimum absolute atomic E-state index is 0.380. The van der Waals surface area contributed by atoms with Crippen LogP contribution in [0.3, 0.4) is 0 Å². The summed E-state index contributed by atoms with van der Waals surface area (Å²) >= 11 is 0. The standard InChI is InChI=1S/C13H18N2/c1-13-4-3-9-5-11(14)6-10(12(9)13)7-15(2)8-13/h5-6H,3-4,7-8,14H2,1-2H3. The highest BCUT2D eigenvalue weighted by atomic mass is 15.1. The summed E-state index contributed by atoms with van der Waals surface area (Å²) in [6, 6.07) is 4.34. The van der Waals surface area contributed by atoms with E-state index in [4.69, 9.17) is 5.73 Å². The van der Waals surface area contributed by atoms with E-state index in [1.54, 1.807) is 5.56 Å². The van der Waals surface area contributed by atoms with Crippen LogP contribution in [0.25, 0.3) is 0 Å². The van der Waals surface area contributed by atoms with Crippen molar-refractivity contribution in [2.24, 2.45) is 0 Å². The second kappa shape index (κ2) is 2.76. The second-order valence-corrected chi connectivity index (χ2v) is 5.45. The third-order valence-corrected chi connectivity index (χ3v) is 3.93. The van der Waals surface area contributed by atoms with Gasteiger partial charge in [0.25, 0.3) is 0 Å². The Balaban J connectivity index is 2.24. The normalized spacial score (nSPS) is 29.2. The Labute approximate surface area is 91.1 Å². The van der Waals surface area contributed by atoms with Crippen molar-refractivity contribution in [3.05, 3.63) is 28.8 Å². The van der Waals surface area contributed by atoms with E-state index in [1.807, 2.05) is 0 Å². The lowest BCUT2D eigenvalue weighted by atomic mass is 9.78. The van der Waals surface area contributed by atoms with Gasteiger partial charge < -0.3 is 10.6 Å². The van der Waals surface area contributed by atoms with Crippen LogP contribution in [-0.4, -0.2) is 18.5 Å². The number of nitrogens with two attached hydrogens (primary N) is 1. The van der Waals surface area contributed by atoms with Crippen molar-refractivity contribution in [2.75, 3.05) is 19.3 Å². The molecule has 1 aliphatic heterocycles. The summed E-state index contributed by atoms with van der Waals surface area (Å²) in [6.45, 7) is 4.65. The van der Waals surface area contributed by atoms with Gasteiger partial charge in [0, 0.05) is 24.2 Å². The molecule has 0 saturated heterocycles. The molecule has 3 rings (SSSR count). The molecule has 0 spiro atoms. The van der Waals surface area contributed by atoms with Gasteiger partial charge in [-0.05, 0) is 48.7 Å². The summed E-state index contributed by atoms with van der Waals surface area (Å²) in [4.78, 5) is 2.41. The van der Waals surface area contributed by atoms with Crippen LogP contribution in [0.5, 0.6) is 0 Å². The maximum absolute atomic E-state index is 5.95. The Hall–Kier alpha value is -1.02. The topological polar surface area (TPSA) is 29.3 Å². The van der Waals surface area contributed by atoms with Crippen LogP contribution in [-0.2, 0) is 18.4 Å². The molecular formula is C13H18N2. The Morgan fingerprint density at radius 3 is 2.87 bits per heavy atom. The smallest absolute Gasteiger partial charge is 0.0320 e. The zero-order valence-corrected chi connectivity index (χ0v) is 9.51. The van der Waals surface area contributed by atoms with E-state index in [9.17, 15) is 0 Å². The largest absolute Gasteiger partial charge is 0.399 e. The number of aryl methyl sites for hydroxylation is 1. The van der Waals surface area contributed by atoms with Crippen molar-refractivity contribution < 1.29 is 0 Å². The first-order chi connectivity index (χ1) is 7.08. The number of likely N-dealkylation sites (N-methyl/N-ethyl adjacent to an activating group) is 1. The molecule has 0 bridgehead atoms. The average Bonchev–Trinajstić information content (AvgIpc) is 2.42. The van der Waals surface area contributed by atoms with Crippen molar-refractivity contribution in [1.82, 2.24) is 4.90 Å². The van der Waals surface area contributed by atoms with Crippen molar-refractivity contribution in [1.29, 1.82) is 0 Å². The Morgan fingerprint density at radius 2 is 2.07 bits per heavy atom. The molecule has 1 aromatic carbocycles. The lowest BCUT2D eigenvalue weighted by Crippen LogP contribution is -2.40. The first-order valence-corrected chi connectivity index (χ1v) is 5.69. The second-order valence-electron chi connectivity index (χ2n) is 5.45. The molecule has 0 aromatic heterocycles. The van der Waals surface area contributed by atoms with Crippen LogP contribution in [0.2, 0.25) is 0 Å². The Bertz CT molecular complexity index is 425. The quantitative estimate of drug-likeness (QED) is 0.651. The van der Waals surface area contributed by atoms with Gasteiger partial charge in [-0.25, -0.2) is 0 Å². The number of nitrogen functional groups attached to an aromatic ring is 1. The molecule has 0 fully saturated rings. The minimum atomic E-state index is 0.380. The molecular weight excluding hydrogens is 184 g/mol. The van der Waals surface area contributed by atoms with E-state index in [1.165, 1.54) is 30.5 Å². The molecule has 2 nitrogen and oxygen atoms in total. The van der Waals surface area contributed by atoms with Crippen molar-refractivity contribution in [3.8, 4) is 0 Å². The summed E-state index contributed by atoms with van der Waals surface area (Å²) in [5.41, 5.74) is 11.8. The molecule has 0 amide bonds. The predicted molar refractivity (Wildman–Crippen MR) is 62.9 cm³/mol. The zero-order valence-electron chi connectivity index (χ0n) is 9.51. The van der Waals surface area contributed by atoms with Crippen LogP contribution in [0.4, 0.5) is 5.69 Å². The third kappa shape index (κ3) is 1.21. The van der Waals surface area contributed by atoms with Crippen molar-refractivity contribution in [2.45, 2.75) is 31.7 Å². The fourth-order valence-corrected chi connectivity index (χ4v) is 3.53. The van der Waals surface area contributed by atoms with Gasteiger partial charge in [-0.2, -0.15) is 0 Å². The van der Waals surface area contributed by atoms with Gasteiger partial charge in [-0.15, -0.1) is 0 Å². The molecule has 1 unspecified atom stereocenters. The maximum Gasteiger partial charge on any atom is 0.0320 e. The van der Waals surface area contributed by atoms with E-state index in [0.717, 1.165) is 12.2 Å². The molecule has 0 radical (unpaired) electrons. The van der Waals surface area contributed by atoms with E-state index < -0.39 is 0 Å². The lowest BCUT2D eigenvalue weighted by molar-refractivity contribution is 0.224. The van der Waals surface area contributed by atoms with Gasteiger partial charge in [-0.3, -0.25) is 0 Å². The first-order valence-electron chi connectivity index (χ1n) is 5.69. The van der Waals surface area contributed by atoms with Crippen molar-refractivity contribution >= 4 is 5.69 Å². The molecule has 1 aromatic rings. The van der Waals surface area contributed by atoms with Crippen LogP contribution in [0.1, 0.15) is 30.0 Å². The van der Waals surface area contributed by atoms with Gasteiger partial charge in [0.15, 0.2) is 0 Å². The fraction of sp³-hybridized carbons (Fsp3) is 0.538. The molecule has 2 aliphatic rings. The van der Waals surface area contributed by atoms with Crippen molar-refractivity contribution in [3.63, 3.8) is 0 Å². The number of rotatable bonds is 0. The number of hydrogen-bond acceptors (Lipinski definition) is 2. The third-order valence-electron chi connectivity index (χ3n) is 3.93. The van der Waals surface area contributed by atoms with Gasteiger partial charge in [0.2, 0.25) is 0 Å². The molecule has 1 atom stereocenters. The average molecular weight is 202 g/mol. The van der Waals surface area contributed by atoms with E-state index in [0.29, 0.717) is 5.41 Å². The van der Waals surface area contributed by atoms with Gasteiger partial charge in [-0.1, -0.05) is 6.92 Å². The van der Waals surface area contributed by atoms with Crippen LogP contribution >= 0.6 is 0 Å². The predicted octanol–water partition coefficient (Wildman–Crippen LogP) is 1.92. The highest BCUT2D eigenvalue weighted by Crippen LogP contribution is 2.45.